The van der Waals surface area contributed by atoms with Crippen molar-refractivity contribution in [3.8, 4) is 5.75 Å². The van der Waals surface area contributed by atoms with Gasteiger partial charge in [0.2, 0.25) is 5.43 Å². The summed E-state index contributed by atoms with van der Waals surface area (Å²) in [5.41, 5.74) is 2.66. The van der Waals surface area contributed by atoms with E-state index in [-0.39, 0.29) is 17.7 Å². The van der Waals surface area contributed by atoms with Crippen molar-refractivity contribution in [3.05, 3.63) is 98.9 Å². The topological polar surface area (TPSA) is 66.4 Å². The third-order valence-corrected chi connectivity index (χ3v) is 4.44. The molecule has 0 aliphatic heterocycles. The van der Waals surface area contributed by atoms with E-state index >= 15 is 0 Å². The first-order chi connectivity index (χ1) is 13.1. The molecule has 2 aromatic carbocycles. The fraction of sp³-hybridized carbons (Fsp3) is 0.143. The minimum absolute atomic E-state index is 0.222. The smallest absolute Gasteiger partial charge is 0.420 e. The number of hydrogen-bond acceptors (Lipinski definition) is 4. The summed E-state index contributed by atoms with van der Waals surface area (Å²) < 4.78 is 14.2. The van der Waals surface area contributed by atoms with Crippen LogP contribution in [0.3, 0.4) is 0 Å². The number of rotatable bonds is 5. The normalized spacial score (nSPS) is 11.0. The summed E-state index contributed by atoms with van der Waals surface area (Å²) >= 11 is 0. The predicted octanol–water partition coefficient (Wildman–Crippen LogP) is 2.92. The molecule has 0 saturated carbocycles. The van der Waals surface area contributed by atoms with Crippen molar-refractivity contribution in [2.45, 2.75) is 13.2 Å². The summed E-state index contributed by atoms with van der Waals surface area (Å²) in [6.07, 6.45) is 1.65. The number of aryl methyl sites for hydroxylation is 1. The number of oxazole rings is 1. The van der Waals surface area contributed by atoms with Gasteiger partial charge < -0.3 is 13.7 Å². The molecule has 0 fully saturated rings. The molecule has 6 heteroatoms. The van der Waals surface area contributed by atoms with Crippen LogP contribution < -0.4 is 15.9 Å². The van der Waals surface area contributed by atoms with E-state index in [1.54, 1.807) is 16.8 Å². The first-order valence-corrected chi connectivity index (χ1v) is 8.56. The Bertz CT molecular complexity index is 1200. The van der Waals surface area contributed by atoms with Crippen LogP contribution in [0, 0.1) is 0 Å². The van der Waals surface area contributed by atoms with Crippen LogP contribution in [0.15, 0.2) is 80.9 Å². The van der Waals surface area contributed by atoms with Crippen LogP contribution in [-0.4, -0.2) is 9.13 Å². The molecule has 0 N–H and O–H groups in total. The second-order valence-corrected chi connectivity index (χ2v) is 6.30. The summed E-state index contributed by atoms with van der Waals surface area (Å²) in [6.45, 7) is 0.557. The van der Waals surface area contributed by atoms with Crippen LogP contribution in [0.2, 0.25) is 0 Å². The van der Waals surface area contributed by atoms with Crippen LogP contribution >= 0.6 is 0 Å². The molecule has 0 aliphatic carbocycles. The van der Waals surface area contributed by atoms with Crippen molar-refractivity contribution in [1.82, 2.24) is 9.13 Å². The van der Waals surface area contributed by atoms with Crippen LogP contribution in [-0.2, 0) is 20.2 Å². The Kier molecular flexibility index (Phi) is 4.38. The Morgan fingerprint density at radius 1 is 1.00 bits per heavy atom. The van der Waals surface area contributed by atoms with E-state index in [9.17, 15) is 9.59 Å². The number of para-hydroxylation sites is 2. The summed E-state index contributed by atoms with van der Waals surface area (Å²) in [6, 6.07) is 18.4. The lowest BCUT2D eigenvalue weighted by Crippen LogP contribution is -2.20. The lowest BCUT2D eigenvalue weighted by atomic mass is 10.2. The minimum atomic E-state index is -0.451. The number of fused-ring (bicyclic) bond motifs is 1. The number of nitrogens with zero attached hydrogens (tertiary/aromatic N) is 2. The van der Waals surface area contributed by atoms with Gasteiger partial charge in [-0.3, -0.25) is 9.36 Å². The fourth-order valence-corrected chi connectivity index (χ4v) is 2.97. The summed E-state index contributed by atoms with van der Waals surface area (Å²) in [5.74, 6) is -0.178. The Morgan fingerprint density at radius 2 is 1.74 bits per heavy atom. The molecule has 0 unspecified atom stereocenters. The van der Waals surface area contributed by atoms with Gasteiger partial charge in [-0.1, -0.05) is 42.5 Å². The van der Waals surface area contributed by atoms with Gasteiger partial charge in [-0.25, -0.2) is 4.79 Å². The van der Waals surface area contributed by atoms with Crippen LogP contribution in [0.5, 0.6) is 5.75 Å². The van der Waals surface area contributed by atoms with E-state index in [2.05, 4.69) is 0 Å². The highest BCUT2D eigenvalue weighted by molar-refractivity contribution is 5.72. The first kappa shape index (κ1) is 16.9. The molecule has 0 saturated heterocycles. The van der Waals surface area contributed by atoms with Gasteiger partial charge in [-0.05, 0) is 17.7 Å². The molecule has 4 aromatic rings. The molecule has 2 heterocycles. The van der Waals surface area contributed by atoms with E-state index in [0.717, 1.165) is 5.56 Å². The van der Waals surface area contributed by atoms with Gasteiger partial charge in [0, 0.05) is 18.8 Å². The molecule has 0 bridgehead atoms. The molecule has 0 amide bonds. The largest absolute Gasteiger partial charge is 0.483 e. The van der Waals surface area contributed by atoms with Gasteiger partial charge in [0.15, 0.2) is 11.3 Å². The SMILES string of the molecule is Cn1cc(OCc2ccccc2)c(=O)cc1Cn1c(=O)oc2ccccc21. The summed E-state index contributed by atoms with van der Waals surface area (Å²) in [5, 5.41) is 0. The average molecular weight is 362 g/mol. The maximum absolute atomic E-state index is 12.4. The van der Waals surface area contributed by atoms with Crippen molar-refractivity contribution in [1.29, 1.82) is 0 Å². The molecular formula is C21H18N2O4. The van der Waals surface area contributed by atoms with E-state index < -0.39 is 5.76 Å². The lowest BCUT2D eigenvalue weighted by Gasteiger charge is -2.12. The second kappa shape index (κ2) is 6.99. The zero-order valence-electron chi connectivity index (χ0n) is 14.8. The maximum atomic E-state index is 12.4. The quantitative estimate of drug-likeness (QED) is 0.547. The van der Waals surface area contributed by atoms with Crippen LogP contribution in [0.4, 0.5) is 0 Å². The maximum Gasteiger partial charge on any atom is 0.420 e. The standard InChI is InChI=1S/C21H18N2O4/c1-22-13-20(26-14-15-7-3-2-4-8-15)18(24)11-16(22)12-23-17-9-5-6-10-19(17)27-21(23)25/h2-11,13H,12,14H2,1H3. The van der Waals surface area contributed by atoms with E-state index in [4.69, 9.17) is 9.15 Å². The highest BCUT2D eigenvalue weighted by atomic mass is 16.5. The monoisotopic (exact) mass is 362 g/mol. The first-order valence-electron chi connectivity index (χ1n) is 8.56. The van der Waals surface area contributed by atoms with E-state index in [1.807, 2.05) is 55.6 Å². The highest BCUT2D eigenvalue weighted by Gasteiger charge is 2.12. The molecule has 27 heavy (non-hydrogen) atoms. The number of benzene rings is 2. The van der Waals surface area contributed by atoms with Crippen LogP contribution in [0.25, 0.3) is 11.1 Å². The van der Waals surface area contributed by atoms with E-state index in [1.165, 1.54) is 10.6 Å². The Morgan fingerprint density at radius 3 is 2.56 bits per heavy atom. The van der Waals surface area contributed by atoms with Crippen molar-refractivity contribution >= 4 is 11.1 Å². The van der Waals surface area contributed by atoms with Gasteiger partial charge in [0.25, 0.3) is 0 Å². The number of ether oxygens (including phenoxy) is 1. The van der Waals surface area contributed by atoms with Crippen molar-refractivity contribution < 1.29 is 9.15 Å². The third-order valence-electron chi connectivity index (χ3n) is 4.44. The third kappa shape index (κ3) is 3.42. The van der Waals surface area contributed by atoms with Crippen molar-refractivity contribution in [3.63, 3.8) is 0 Å². The zero-order chi connectivity index (χ0) is 18.8. The summed E-state index contributed by atoms with van der Waals surface area (Å²) in [7, 11) is 1.82. The Hall–Kier alpha value is -3.54. The van der Waals surface area contributed by atoms with Crippen molar-refractivity contribution in [2.75, 3.05) is 0 Å². The van der Waals surface area contributed by atoms with Gasteiger partial charge in [-0.2, -0.15) is 0 Å². The summed E-state index contributed by atoms with van der Waals surface area (Å²) in [4.78, 5) is 24.6. The van der Waals surface area contributed by atoms with Crippen LogP contribution in [0.1, 0.15) is 11.3 Å². The van der Waals surface area contributed by atoms with Gasteiger partial charge in [0.1, 0.15) is 6.61 Å². The van der Waals surface area contributed by atoms with Gasteiger partial charge in [0.05, 0.1) is 18.3 Å². The molecule has 0 spiro atoms. The fourth-order valence-electron chi connectivity index (χ4n) is 2.97. The lowest BCUT2D eigenvalue weighted by molar-refractivity contribution is 0.300. The molecule has 0 radical (unpaired) electrons. The highest BCUT2D eigenvalue weighted by Crippen LogP contribution is 2.14. The number of aromatic nitrogens is 2. The number of pyridine rings is 1. The predicted molar refractivity (Wildman–Crippen MR) is 102 cm³/mol. The average Bonchev–Trinajstić information content (AvgIpc) is 2.99. The number of hydrogen-bond donors (Lipinski definition) is 0. The minimum Gasteiger partial charge on any atom is -0.483 e. The zero-order valence-corrected chi connectivity index (χ0v) is 14.8. The van der Waals surface area contributed by atoms with Gasteiger partial charge in [-0.15, -0.1) is 0 Å². The van der Waals surface area contributed by atoms with Gasteiger partial charge >= 0.3 is 5.76 Å². The molecule has 0 aliphatic rings. The van der Waals surface area contributed by atoms with Crippen molar-refractivity contribution in [2.24, 2.45) is 7.05 Å². The molecule has 2 aromatic heterocycles. The Labute approximate surface area is 154 Å². The molecule has 6 nitrogen and oxygen atoms in total. The Balaban J connectivity index is 1.61. The molecule has 136 valence electrons. The van der Waals surface area contributed by atoms with E-state index in [0.29, 0.717) is 23.4 Å². The molecule has 4 rings (SSSR count). The molecule has 0 atom stereocenters. The molecular weight excluding hydrogens is 344 g/mol. The second-order valence-electron chi connectivity index (χ2n) is 6.30.